The lowest BCUT2D eigenvalue weighted by Crippen LogP contribution is -2.50. The molecule has 0 spiro atoms. The van der Waals surface area contributed by atoms with Crippen LogP contribution in [0.1, 0.15) is 5.56 Å². The van der Waals surface area contributed by atoms with Gasteiger partial charge in [-0.1, -0.05) is 11.6 Å². The lowest BCUT2D eigenvalue weighted by Gasteiger charge is -2.35. The van der Waals surface area contributed by atoms with Crippen molar-refractivity contribution >= 4 is 17.5 Å². The van der Waals surface area contributed by atoms with E-state index in [2.05, 4.69) is 15.1 Å². The largest absolute Gasteiger partial charge is 0.492 e. The van der Waals surface area contributed by atoms with Crippen LogP contribution in [0, 0.1) is 24.7 Å². The maximum atomic E-state index is 12.6. The highest BCUT2D eigenvalue weighted by atomic mass is 35.5. The number of piperazine rings is 1. The summed E-state index contributed by atoms with van der Waals surface area (Å²) >= 11 is 5.97. The van der Waals surface area contributed by atoms with E-state index in [0.29, 0.717) is 30.3 Å². The summed E-state index contributed by atoms with van der Waals surface area (Å²) in [7, 11) is 0. The quantitative estimate of drug-likeness (QED) is 0.863. The summed E-state index contributed by atoms with van der Waals surface area (Å²) in [5, 5.41) is 4.10. The fourth-order valence-electron chi connectivity index (χ4n) is 4.25. The van der Waals surface area contributed by atoms with Gasteiger partial charge in [0.05, 0.1) is 0 Å². The van der Waals surface area contributed by atoms with Crippen LogP contribution in [0.3, 0.4) is 0 Å². The van der Waals surface area contributed by atoms with E-state index in [1.807, 2.05) is 25.1 Å². The normalized spacial score (nSPS) is 28.7. The van der Waals surface area contributed by atoms with E-state index >= 15 is 0 Å². The van der Waals surface area contributed by atoms with Gasteiger partial charge in [-0.2, -0.15) is 0 Å². The van der Waals surface area contributed by atoms with E-state index in [1.165, 1.54) is 0 Å². The van der Waals surface area contributed by atoms with Gasteiger partial charge in [0.1, 0.15) is 12.4 Å². The Balaban J connectivity index is 1.18. The van der Waals surface area contributed by atoms with Crippen LogP contribution in [0.15, 0.2) is 18.2 Å². The zero-order chi connectivity index (χ0) is 17.4. The minimum absolute atomic E-state index is 0.309. The molecule has 1 aromatic rings. The van der Waals surface area contributed by atoms with Crippen molar-refractivity contribution in [2.45, 2.75) is 6.92 Å². The predicted molar refractivity (Wildman–Crippen MR) is 98.0 cm³/mol. The van der Waals surface area contributed by atoms with Crippen LogP contribution in [-0.2, 0) is 4.79 Å². The van der Waals surface area contributed by atoms with Crippen molar-refractivity contribution < 1.29 is 9.53 Å². The minimum atomic E-state index is 0.309. The first-order chi connectivity index (χ1) is 12.1. The number of amides is 1. The van der Waals surface area contributed by atoms with Crippen molar-refractivity contribution in [2.75, 3.05) is 52.4 Å². The Hall–Kier alpha value is -1.30. The monoisotopic (exact) mass is 363 g/mol. The van der Waals surface area contributed by atoms with E-state index in [9.17, 15) is 4.79 Å². The molecule has 1 N–H and O–H groups in total. The Bertz CT molecular complexity index is 636. The second-order valence-corrected chi connectivity index (χ2v) is 7.87. The number of fused-ring (bicyclic) bond motifs is 1. The summed E-state index contributed by atoms with van der Waals surface area (Å²) in [6, 6.07) is 5.71. The number of ether oxygens (including phenoxy) is 1. The third-order valence-corrected chi connectivity index (χ3v) is 6.10. The Morgan fingerprint density at radius 3 is 2.64 bits per heavy atom. The summed E-state index contributed by atoms with van der Waals surface area (Å²) in [6.07, 6.45) is 0. The van der Waals surface area contributed by atoms with Crippen LogP contribution in [0.5, 0.6) is 5.75 Å². The first kappa shape index (κ1) is 17.1. The van der Waals surface area contributed by atoms with Gasteiger partial charge in [-0.25, -0.2) is 0 Å². The van der Waals surface area contributed by atoms with Crippen molar-refractivity contribution in [3.63, 3.8) is 0 Å². The summed E-state index contributed by atoms with van der Waals surface area (Å²) in [4.78, 5) is 17.0. The molecule has 0 bridgehead atoms. The lowest BCUT2D eigenvalue weighted by molar-refractivity contribution is -0.135. The Labute approximate surface area is 154 Å². The molecule has 1 unspecified atom stereocenters. The zero-order valence-corrected chi connectivity index (χ0v) is 15.5. The van der Waals surface area contributed by atoms with E-state index in [0.717, 1.165) is 62.1 Å². The molecule has 1 saturated carbocycles. The standard InChI is InChI=1S/C19H26ClN3O2/c1-13-10-14(20)2-3-17(13)25-9-8-22-4-6-23(7-5-22)19(24)18-15-11-21-12-16(15)18/h2-3,10,15-16,18,21H,4-9,11-12H2,1H3/t15-,16+,18?. The number of halogens is 1. The summed E-state index contributed by atoms with van der Waals surface area (Å²) < 4.78 is 5.88. The molecule has 25 heavy (non-hydrogen) atoms. The van der Waals surface area contributed by atoms with Crippen LogP contribution in [0.4, 0.5) is 0 Å². The molecule has 1 aliphatic carbocycles. The third kappa shape index (κ3) is 3.64. The van der Waals surface area contributed by atoms with E-state index in [4.69, 9.17) is 16.3 Å². The summed E-state index contributed by atoms with van der Waals surface area (Å²) in [5.41, 5.74) is 1.06. The highest BCUT2D eigenvalue weighted by Crippen LogP contribution is 2.49. The highest BCUT2D eigenvalue weighted by Gasteiger charge is 2.57. The molecule has 5 nitrogen and oxygen atoms in total. The molecule has 4 rings (SSSR count). The molecule has 2 aliphatic heterocycles. The molecule has 1 aromatic carbocycles. The number of benzene rings is 1. The molecule has 1 amide bonds. The first-order valence-electron chi connectivity index (χ1n) is 9.24. The molecule has 3 atom stereocenters. The number of rotatable bonds is 5. The molecule has 3 fully saturated rings. The van der Waals surface area contributed by atoms with Gasteiger partial charge in [0, 0.05) is 43.7 Å². The molecular weight excluding hydrogens is 338 g/mol. The van der Waals surface area contributed by atoms with Gasteiger partial charge in [-0.3, -0.25) is 9.69 Å². The van der Waals surface area contributed by atoms with Gasteiger partial charge in [0.15, 0.2) is 0 Å². The number of carbonyl (C=O) groups excluding carboxylic acids is 1. The van der Waals surface area contributed by atoms with Gasteiger partial charge in [0.2, 0.25) is 5.91 Å². The van der Waals surface area contributed by atoms with Crippen LogP contribution in [0.2, 0.25) is 5.02 Å². The summed E-state index contributed by atoms with van der Waals surface area (Å²) in [6.45, 7) is 9.20. The van der Waals surface area contributed by atoms with Crippen molar-refractivity contribution in [2.24, 2.45) is 17.8 Å². The average Bonchev–Trinajstić information content (AvgIpc) is 3.08. The van der Waals surface area contributed by atoms with Gasteiger partial charge in [-0.05, 0) is 55.6 Å². The molecular formula is C19H26ClN3O2. The van der Waals surface area contributed by atoms with Crippen LogP contribution < -0.4 is 10.1 Å². The maximum Gasteiger partial charge on any atom is 0.226 e. The number of aryl methyl sites for hydroxylation is 1. The van der Waals surface area contributed by atoms with E-state index in [-0.39, 0.29) is 0 Å². The van der Waals surface area contributed by atoms with Gasteiger partial charge in [-0.15, -0.1) is 0 Å². The first-order valence-corrected chi connectivity index (χ1v) is 9.62. The minimum Gasteiger partial charge on any atom is -0.492 e. The molecule has 0 radical (unpaired) electrons. The lowest BCUT2D eigenvalue weighted by atomic mass is 10.2. The van der Waals surface area contributed by atoms with Crippen molar-refractivity contribution in [3.8, 4) is 5.75 Å². The number of hydrogen-bond acceptors (Lipinski definition) is 4. The second-order valence-electron chi connectivity index (χ2n) is 7.44. The maximum absolute atomic E-state index is 12.6. The zero-order valence-electron chi connectivity index (χ0n) is 14.7. The Kier molecular flexibility index (Phi) is 4.89. The molecule has 3 aliphatic rings. The Morgan fingerprint density at radius 1 is 1.24 bits per heavy atom. The van der Waals surface area contributed by atoms with Crippen LogP contribution >= 0.6 is 11.6 Å². The van der Waals surface area contributed by atoms with Crippen molar-refractivity contribution in [1.29, 1.82) is 0 Å². The number of hydrogen-bond donors (Lipinski definition) is 1. The molecule has 136 valence electrons. The van der Waals surface area contributed by atoms with Crippen LogP contribution in [0.25, 0.3) is 0 Å². The number of nitrogens with zero attached hydrogens (tertiary/aromatic N) is 2. The van der Waals surface area contributed by atoms with Gasteiger partial charge < -0.3 is 15.0 Å². The topological polar surface area (TPSA) is 44.8 Å². The number of nitrogens with one attached hydrogen (secondary N) is 1. The van der Waals surface area contributed by atoms with E-state index in [1.54, 1.807) is 0 Å². The highest BCUT2D eigenvalue weighted by molar-refractivity contribution is 6.30. The van der Waals surface area contributed by atoms with Crippen LogP contribution in [-0.4, -0.2) is 68.1 Å². The fraction of sp³-hybridized carbons (Fsp3) is 0.632. The predicted octanol–water partition coefficient (Wildman–Crippen LogP) is 1.64. The smallest absolute Gasteiger partial charge is 0.226 e. The average molecular weight is 364 g/mol. The number of carbonyl (C=O) groups is 1. The fourth-order valence-corrected chi connectivity index (χ4v) is 4.47. The number of piperidine rings is 1. The Morgan fingerprint density at radius 2 is 1.96 bits per heavy atom. The van der Waals surface area contributed by atoms with E-state index < -0.39 is 0 Å². The summed E-state index contributed by atoms with van der Waals surface area (Å²) in [5.74, 6) is 2.82. The van der Waals surface area contributed by atoms with Crippen molar-refractivity contribution in [1.82, 2.24) is 15.1 Å². The third-order valence-electron chi connectivity index (χ3n) is 5.86. The van der Waals surface area contributed by atoms with Gasteiger partial charge >= 0.3 is 0 Å². The van der Waals surface area contributed by atoms with Gasteiger partial charge in [0.25, 0.3) is 0 Å². The SMILES string of the molecule is Cc1cc(Cl)ccc1OCCN1CCN(C(=O)C2[C@H]3CNC[C@@H]23)CC1. The molecule has 0 aromatic heterocycles. The molecule has 6 heteroatoms. The molecule has 2 heterocycles. The molecule has 2 saturated heterocycles. The van der Waals surface area contributed by atoms with Crippen molar-refractivity contribution in [3.05, 3.63) is 28.8 Å². The second kappa shape index (κ2) is 7.14.